The molecule has 1 heterocycles. The zero-order chi connectivity index (χ0) is 11.5. The highest BCUT2D eigenvalue weighted by Gasteiger charge is 2.14. The van der Waals surface area contributed by atoms with Crippen molar-refractivity contribution >= 4 is 26.0 Å². The number of rotatable bonds is 4. The molecule has 1 N–H and O–H groups in total. The molecular weight excluding hydrogens is 287 g/mol. The highest BCUT2D eigenvalue weighted by molar-refractivity contribution is 9.11. The summed E-state index contributed by atoms with van der Waals surface area (Å²) in [5.74, 6) is -0.699. The van der Waals surface area contributed by atoms with E-state index in [1.807, 2.05) is 0 Å². The lowest BCUT2D eigenvalue weighted by Crippen LogP contribution is -2.24. The SMILES string of the molecule is C=C(Br)CNS(=O)(=O)c1cncc(F)c1. The van der Waals surface area contributed by atoms with E-state index in [1.165, 1.54) is 0 Å². The molecule has 1 aromatic rings. The van der Waals surface area contributed by atoms with Crippen LogP contribution in [0.15, 0.2) is 34.4 Å². The molecule has 0 saturated heterocycles. The molecule has 0 radical (unpaired) electrons. The number of hydrogen-bond acceptors (Lipinski definition) is 3. The van der Waals surface area contributed by atoms with E-state index in [-0.39, 0.29) is 11.4 Å². The minimum absolute atomic E-state index is 0.0405. The lowest BCUT2D eigenvalue weighted by atomic mass is 10.5. The number of halogens is 2. The zero-order valence-corrected chi connectivity index (χ0v) is 9.98. The Hall–Kier alpha value is -0.790. The molecule has 0 bridgehead atoms. The third kappa shape index (κ3) is 3.69. The highest BCUT2D eigenvalue weighted by Crippen LogP contribution is 2.09. The summed E-state index contributed by atoms with van der Waals surface area (Å²) in [5.41, 5.74) is 0. The summed E-state index contributed by atoms with van der Waals surface area (Å²) in [4.78, 5) is 3.24. The molecule has 0 unspecified atom stereocenters. The van der Waals surface area contributed by atoms with Crippen LogP contribution < -0.4 is 4.72 Å². The van der Waals surface area contributed by atoms with E-state index in [2.05, 4.69) is 32.2 Å². The third-order valence-electron chi connectivity index (χ3n) is 1.44. The maximum Gasteiger partial charge on any atom is 0.242 e. The van der Waals surface area contributed by atoms with Crippen molar-refractivity contribution in [1.29, 1.82) is 0 Å². The van der Waals surface area contributed by atoms with E-state index < -0.39 is 15.8 Å². The molecule has 0 aliphatic carbocycles. The van der Waals surface area contributed by atoms with Crippen molar-refractivity contribution in [1.82, 2.24) is 9.71 Å². The monoisotopic (exact) mass is 294 g/mol. The first-order valence-corrected chi connectivity index (χ1v) is 6.13. The Morgan fingerprint density at radius 3 is 2.80 bits per heavy atom. The predicted octanol–water partition coefficient (Wildman–Crippen LogP) is 1.41. The van der Waals surface area contributed by atoms with Crippen molar-refractivity contribution in [3.05, 3.63) is 35.3 Å². The van der Waals surface area contributed by atoms with E-state index >= 15 is 0 Å². The van der Waals surface area contributed by atoms with Crippen LogP contribution in [0.1, 0.15) is 0 Å². The number of aromatic nitrogens is 1. The molecular formula is C8H8BrFN2O2S. The van der Waals surface area contributed by atoms with Gasteiger partial charge >= 0.3 is 0 Å². The molecule has 0 fully saturated rings. The van der Waals surface area contributed by atoms with Gasteiger partial charge in [0.15, 0.2) is 0 Å². The number of pyridine rings is 1. The van der Waals surface area contributed by atoms with Crippen LogP contribution in [0.5, 0.6) is 0 Å². The van der Waals surface area contributed by atoms with Gasteiger partial charge < -0.3 is 0 Å². The van der Waals surface area contributed by atoms with E-state index in [9.17, 15) is 12.8 Å². The van der Waals surface area contributed by atoms with Gasteiger partial charge in [0.05, 0.1) is 6.20 Å². The quantitative estimate of drug-likeness (QED) is 0.913. The van der Waals surface area contributed by atoms with Gasteiger partial charge in [0.25, 0.3) is 0 Å². The van der Waals surface area contributed by atoms with Gasteiger partial charge in [0.2, 0.25) is 10.0 Å². The molecule has 82 valence electrons. The average Bonchev–Trinajstić information content (AvgIpc) is 2.15. The second-order valence-electron chi connectivity index (χ2n) is 2.68. The molecule has 0 aliphatic heterocycles. The molecule has 15 heavy (non-hydrogen) atoms. The van der Waals surface area contributed by atoms with Crippen LogP contribution in [0.2, 0.25) is 0 Å². The first-order chi connectivity index (χ1) is 6.92. The highest BCUT2D eigenvalue weighted by atomic mass is 79.9. The Labute approximate surface area is 95.4 Å². The molecule has 0 aliphatic rings. The Balaban J connectivity index is 2.91. The van der Waals surface area contributed by atoms with Crippen LogP contribution in [0.25, 0.3) is 0 Å². The van der Waals surface area contributed by atoms with E-state index in [0.717, 1.165) is 18.5 Å². The minimum atomic E-state index is -3.72. The molecule has 1 aromatic heterocycles. The molecule has 0 aromatic carbocycles. The Morgan fingerprint density at radius 2 is 2.27 bits per heavy atom. The van der Waals surface area contributed by atoms with Crippen molar-refractivity contribution < 1.29 is 12.8 Å². The third-order valence-corrected chi connectivity index (χ3v) is 3.09. The maximum absolute atomic E-state index is 12.7. The summed E-state index contributed by atoms with van der Waals surface area (Å²) < 4.78 is 38.4. The topological polar surface area (TPSA) is 59.1 Å². The van der Waals surface area contributed by atoms with Crippen molar-refractivity contribution in [2.45, 2.75) is 4.90 Å². The van der Waals surface area contributed by atoms with Gasteiger partial charge in [-0.25, -0.2) is 17.5 Å². The van der Waals surface area contributed by atoms with Crippen LogP contribution in [-0.2, 0) is 10.0 Å². The Morgan fingerprint density at radius 1 is 1.60 bits per heavy atom. The van der Waals surface area contributed by atoms with Crippen LogP contribution >= 0.6 is 15.9 Å². The van der Waals surface area contributed by atoms with Gasteiger partial charge in [-0.15, -0.1) is 0 Å². The summed E-state index contributed by atoms with van der Waals surface area (Å²) >= 11 is 3.00. The lowest BCUT2D eigenvalue weighted by Gasteiger charge is -2.04. The van der Waals surface area contributed by atoms with Gasteiger partial charge in [0.1, 0.15) is 10.7 Å². The van der Waals surface area contributed by atoms with E-state index in [1.54, 1.807) is 0 Å². The van der Waals surface area contributed by atoms with Crippen molar-refractivity contribution in [2.24, 2.45) is 0 Å². The summed E-state index contributed by atoms with van der Waals surface area (Å²) in [6.07, 6.45) is 2.00. The number of sulfonamides is 1. The first-order valence-electron chi connectivity index (χ1n) is 3.85. The van der Waals surface area contributed by atoms with Crippen LogP contribution in [0.3, 0.4) is 0 Å². The van der Waals surface area contributed by atoms with E-state index in [4.69, 9.17) is 0 Å². The standard InChI is InChI=1S/C8H8BrFN2O2S/c1-6(9)3-12-15(13,14)8-2-7(10)4-11-5-8/h2,4-5,12H,1,3H2. The fraction of sp³-hybridized carbons (Fsp3) is 0.125. The molecule has 4 nitrogen and oxygen atoms in total. The normalized spacial score (nSPS) is 11.3. The predicted molar refractivity (Wildman–Crippen MR) is 57.5 cm³/mol. The second-order valence-corrected chi connectivity index (χ2v) is 5.57. The van der Waals surface area contributed by atoms with Gasteiger partial charge in [-0.05, 0) is 6.07 Å². The summed E-state index contributed by atoms with van der Waals surface area (Å²) in [7, 11) is -3.72. The largest absolute Gasteiger partial charge is 0.260 e. The van der Waals surface area contributed by atoms with Crippen molar-refractivity contribution in [2.75, 3.05) is 6.54 Å². The van der Waals surface area contributed by atoms with Gasteiger partial charge in [-0.3, -0.25) is 4.98 Å². The molecule has 0 saturated carbocycles. The number of nitrogens with zero attached hydrogens (tertiary/aromatic N) is 1. The minimum Gasteiger partial charge on any atom is -0.260 e. The number of nitrogens with one attached hydrogen (secondary N) is 1. The molecule has 1 rings (SSSR count). The van der Waals surface area contributed by atoms with Gasteiger partial charge in [-0.1, -0.05) is 22.5 Å². The fourth-order valence-corrected chi connectivity index (χ4v) is 2.12. The number of hydrogen-bond donors (Lipinski definition) is 1. The van der Waals surface area contributed by atoms with Crippen LogP contribution in [0, 0.1) is 5.82 Å². The van der Waals surface area contributed by atoms with Gasteiger partial charge in [-0.2, -0.15) is 0 Å². The average molecular weight is 295 g/mol. The molecule has 7 heteroatoms. The van der Waals surface area contributed by atoms with Crippen LogP contribution in [0.4, 0.5) is 4.39 Å². The maximum atomic E-state index is 12.7. The lowest BCUT2D eigenvalue weighted by molar-refractivity contribution is 0.579. The van der Waals surface area contributed by atoms with Crippen molar-refractivity contribution in [3.63, 3.8) is 0 Å². The summed E-state index contributed by atoms with van der Waals surface area (Å²) in [6, 6.07) is 0.895. The van der Waals surface area contributed by atoms with E-state index in [0.29, 0.717) is 4.48 Å². The van der Waals surface area contributed by atoms with Crippen LogP contribution in [-0.4, -0.2) is 19.9 Å². The zero-order valence-electron chi connectivity index (χ0n) is 7.57. The van der Waals surface area contributed by atoms with Crippen molar-refractivity contribution in [3.8, 4) is 0 Å². The van der Waals surface area contributed by atoms with Gasteiger partial charge in [0, 0.05) is 17.2 Å². The second kappa shape index (κ2) is 4.82. The summed E-state index contributed by atoms with van der Waals surface area (Å²) in [6.45, 7) is 3.51. The fourth-order valence-electron chi connectivity index (χ4n) is 0.796. The first kappa shape index (κ1) is 12.3. The molecule has 0 atom stereocenters. The molecule has 0 amide bonds. The Bertz CT molecular complexity index is 475. The smallest absolute Gasteiger partial charge is 0.242 e. The summed E-state index contributed by atoms with van der Waals surface area (Å²) in [5, 5.41) is 0. The molecule has 0 spiro atoms. The Kier molecular flexibility index (Phi) is 3.95.